The van der Waals surface area contributed by atoms with E-state index in [0.29, 0.717) is 6.54 Å². The predicted octanol–water partition coefficient (Wildman–Crippen LogP) is 1.85. The number of amides is 3. The molecule has 5 heteroatoms. The Balaban J connectivity index is 2.23. The fraction of sp³-hybridized carbons (Fsp3) is 0.500. The molecule has 0 aliphatic carbocycles. The van der Waals surface area contributed by atoms with Crippen molar-refractivity contribution in [2.45, 2.75) is 26.8 Å². The molecule has 5 nitrogen and oxygen atoms in total. The summed E-state index contributed by atoms with van der Waals surface area (Å²) in [6.45, 7) is 7.47. The quantitative estimate of drug-likeness (QED) is 0.842. The van der Waals surface area contributed by atoms with Crippen LogP contribution in [0.1, 0.15) is 29.7 Å². The fourth-order valence-corrected chi connectivity index (χ4v) is 2.77. The normalized spacial score (nSPS) is 16.8. The molecule has 0 bridgehead atoms. The van der Waals surface area contributed by atoms with E-state index >= 15 is 0 Å². The van der Waals surface area contributed by atoms with Gasteiger partial charge in [0, 0.05) is 7.05 Å². The molecule has 0 aromatic heterocycles. The van der Waals surface area contributed by atoms with Crippen LogP contribution in [0.4, 0.5) is 4.79 Å². The first-order valence-electron chi connectivity index (χ1n) is 7.30. The Morgan fingerprint density at radius 1 is 1.29 bits per heavy atom. The minimum atomic E-state index is -0.215. The molecule has 0 radical (unpaired) electrons. The maximum absolute atomic E-state index is 12.0. The van der Waals surface area contributed by atoms with Gasteiger partial charge in [0.2, 0.25) is 5.91 Å². The van der Waals surface area contributed by atoms with Crippen molar-refractivity contribution < 1.29 is 9.59 Å². The number of nitrogens with one attached hydrogen (secondary N) is 1. The number of aryl methyl sites for hydroxylation is 2. The van der Waals surface area contributed by atoms with E-state index < -0.39 is 0 Å². The van der Waals surface area contributed by atoms with Crippen LogP contribution in [0, 0.1) is 13.8 Å². The molecule has 1 N–H and O–H groups in total. The van der Waals surface area contributed by atoms with Crippen LogP contribution >= 0.6 is 0 Å². The maximum Gasteiger partial charge on any atom is 0.327 e. The van der Waals surface area contributed by atoms with Gasteiger partial charge in [0.05, 0.1) is 12.6 Å². The van der Waals surface area contributed by atoms with E-state index in [4.69, 9.17) is 0 Å². The zero-order valence-electron chi connectivity index (χ0n) is 13.1. The molecule has 1 atom stereocenters. The molecule has 2 rings (SSSR count). The Bertz CT molecular complexity index is 556. The first kappa shape index (κ1) is 15.5. The van der Waals surface area contributed by atoms with Gasteiger partial charge in [-0.25, -0.2) is 4.79 Å². The molecule has 0 saturated carbocycles. The van der Waals surface area contributed by atoms with Gasteiger partial charge in [-0.15, -0.1) is 0 Å². The van der Waals surface area contributed by atoms with E-state index in [1.54, 1.807) is 7.05 Å². The summed E-state index contributed by atoms with van der Waals surface area (Å²) in [5.41, 5.74) is 3.52. The van der Waals surface area contributed by atoms with Crippen LogP contribution in [0.3, 0.4) is 0 Å². The topological polar surface area (TPSA) is 52.7 Å². The second-order valence-electron chi connectivity index (χ2n) is 5.61. The molecular formula is C16H23N3O2. The molecule has 1 heterocycles. The Labute approximate surface area is 125 Å². The van der Waals surface area contributed by atoms with Crippen LogP contribution in [-0.4, -0.2) is 48.4 Å². The minimum absolute atomic E-state index is 0.0324. The van der Waals surface area contributed by atoms with Crippen molar-refractivity contribution in [1.29, 1.82) is 0 Å². The van der Waals surface area contributed by atoms with Crippen LogP contribution in [0.5, 0.6) is 0 Å². The van der Waals surface area contributed by atoms with E-state index in [2.05, 4.69) is 37.4 Å². The van der Waals surface area contributed by atoms with E-state index in [9.17, 15) is 9.59 Å². The number of hydrogen-bond donors (Lipinski definition) is 1. The number of rotatable bonds is 5. The smallest absolute Gasteiger partial charge is 0.318 e. The lowest BCUT2D eigenvalue weighted by Gasteiger charge is -2.25. The van der Waals surface area contributed by atoms with Crippen molar-refractivity contribution in [1.82, 2.24) is 15.1 Å². The molecule has 1 aromatic rings. The molecule has 1 unspecified atom stereocenters. The monoisotopic (exact) mass is 289 g/mol. The maximum atomic E-state index is 12.0. The van der Waals surface area contributed by atoms with Gasteiger partial charge in [0.15, 0.2) is 0 Å². The molecule has 0 spiro atoms. The molecule has 1 aliphatic heterocycles. The summed E-state index contributed by atoms with van der Waals surface area (Å²) in [6.07, 6.45) is 0. The third-order valence-corrected chi connectivity index (χ3v) is 3.85. The van der Waals surface area contributed by atoms with E-state index in [1.165, 1.54) is 20.9 Å². The number of likely N-dealkylation sites (N-methyl/N-ethyl adjacent to an activating group) is 2. The standard InChI is InChI=1S/C16H23N3O2/c1-5-17-14(13-7-6-11(2)8-12(13)3)9-19-15(20)10-18(4)16(19)21/h6-8,14,17H,5,9-10H2,1-4H3. The zero-order chi connectivity index (χ0) is 15.6. The van der Waals surface area contributed by atoms with Crippen molar-refractivity contribution in [3.05, 3.63) is 34.9 Å². The largest absolute Gasteiger partial charge is 0.327 e. The number of carbonyl (C=O) groups is 2. The number of carbonyl (C=O) groups excluding carboxylic acids is 2. The number of hydrogen-bond acceptors (Lipinski definition) is 3. The number of imide groups is 1. The summed E-state index contributed by atoms with van der Waals surface area (Å²) in [5.74, 6) is -0.129. The highest BCUT2D eigenvalue weighted by molar-refractivity contribution is 6.01. The number of nitrogens with zero attached hydrogens (tertiary/aromatic N) is 2. The average Bonchev–Trinajstić information content (AvgIpc) is 2.65. The lowest BCUT2D eigenvalue weighted by atomic mass is 9.98. The van der Waals surface area contributed by atoms with Gasteiger partial charge in [-0.3, -0.25) is 9.69 Å². The molecule has 21 heavy (non-hydrogen) atoms. The number of benzene rings is 1. The van der Waals surface area contributed by atoms with Crippen LogP contribution in [0.2, 0.25) is 0 Å². The van der Waals surface area contributed by atoms with Crippen molar-refractivity contribution in [2.75, 3.05) is 26.7 Å². The fourth-order valence-electron chi connectivity index (χ4n) is 2.77. The lowest BCUT2D eigenvalue weighted by Crippen LogP contribution is -2.39. The summed E-state index contributed by atoms with van der Waals surface area (Å²) >= 11 is 0. The van der Waals surface area contributed by atoms with Crippen molar-refractivity contribution >= 4 is 11.9 Å². The SMILES string of the molecule is CCNC(CN1C(=O)CN(C)C1=O)c1ccc(C)cc1C. The van der Waals surface area contributed by atoms with Gasteiger partial charge in [-0.1, -0.05) is 30.7 Å². The van der Waals surface area contributed by atoms with Gasteiger partial charge < -0.3 is 10.2 Å². The van der Waals surface area contributed by atoms with Gasteiger partial charge >= 0.3 is 6.03 Å². The van der Waals surface area contributed by atoms with Crippen molar-refractivity contribution in [3.8, 4) is 0 Å². The number of urea groups is 1. The van der Waals surface area contributed by atoms with Gasteiger partial charge in [0.25, 0.3) is 0 Å². The molecular weight excluding hydrogens is 266 g/mol. The average molecular weight is 289 g/mol. The first-order chi connectivity index (χ1) is 9.93. The third-order valence-electron chi connectivity index (χ3n) is 3.85. The summed E-state index contributed by atoms with van der Waals surface area (Å²) in [6, 6.07) is 6.01. The summed E-state index contributed by atoms with van der Waals surface area (Å²) in [7, 11) is 1.65. The minimum Gasteiger partial charge on any atom is -0.318 e. The Hall–Kier alpha value is -1.88. The van der Waals surface area contributed by atoms with Crippen LogP contribution in [-0.2, 0) is 4.79 Å². The Morgan fingerprint density at radius 3 is 2.52 bits per heavy atom. The lowest BCUT2D eigenvalue weighted by molar-refractivity contribution is -0.125. The van der Waals surface area contributed by atoms with E-state index in [1.807, 2.05) is 6.92 Å². The Kier molecular flexibility index (Phi) is 4.63. The third kappa shape index (κ3) is 3.24. The highest BCUT2D eigenvalue weighted by Crippen LogP contribution is 2.22. The van der Waals surface area contributed by atoms with E-state index in [-0.39, 0.29) is 24.5 Å². The molecule has 1 fully saturated rings. The van der Waals surface area contributed by atoms with Crippen LogP contribution in [0.25, 0.3) is 0 Å². The second kappa shape index (κ2) is 6.26. The zero-order valence-corrected chi connectivity index (χ0v) is 13.1. The highest BCUT2D eigenvalue weighted by Gasteiger charge is 2.35. The molecule has 1 aromatic carbocycles. The van der Waals surface area contributed by atoms with E-state index in [0.717, 1.165) is 12.1 Å². The molecule has 1 aliphatic rings. The molecule has 114 valence electrons. The predicted molar refractivity (Wildman–Crippen MR) is 82.1 cm³/mol. The second-order valence-corrected chi connectivity index (χ2v) is 5.61. The Morgan fingerprint density at radius 2 is 2.00 bits per heavy atom. The van der Waals surface area contributed by atoms with Gasteiger partial charge in [0.1, 0.15) is 6.54 Å². The van der Waals surface area contributed by atoms with Crippen LogP contribution in [0.15, 0.2) is 18.2 Å². The molecule has 3 amide bonds. The van der Waals surface area contributed by atoms with Crippen LogP contribution < -0.4 is 5.32 Å². The van der Waals surface area contributed by atoms with Gasteiger partial charge in [-0.05, 0) is 31.5 Å². The summed E-state index contributed by atoms with van der Waals surface area (Å²) in [4.78, 5) is 26.8. The highest BCUT2D eigenvalue weighted by atomic mass is 16.2. The summed E-state index contributed by atoms with van der Waals surface area (Å²) in [5, 5.41) is 3.38. The van der Waals surface area contributed by atoms with Gasteiger partial charge in [-0.2, -0.15) is 0 Å². The first-order valence-corrected chi connectivity index (χ1v) is 7.30. The van der Waals surface area contributed by atoms with Crippen molar-refractivity contribution in [3.63, 3.8) is 0 Å². The van der Waals surface area contributed by atoms with Crippen molar-refractivity contribution in [2.24, 2.45) is 0 Å². The summed E-state index contributed by atoms with van der Waals surface area (Å²) < 4.78 is 0. The molecule has 1 saturated heterocycles.